The van der Waals surface area contributed by atoms with E-state index in [1.807, 2.05) is 6.07 Å². The molecule has 106 valence electrons. The van der Waals surface area contributed by atoms with Crippen LogP contribution in [0.1, 0.15) is 52.2 Å². The Morgan fingerprint density at radius 2 is 1.95 bits per heavy atom. The largest absolute Gasteiger partial charge is 0.321 e. The van der Waals surface area contributed by atoms with Crippen LogP contribution >= 0.6 is 0 Å². The second-order valence-electron chi connectivity index (χ2n) is 5.21. The number of hydrogen-bond donors (Lipinski definition) is 1. The quantitative estimate of drug-likeness (QED) is 0.875. The maximum absolute atomic E-state index is 12.1. The van der Waals surface area contributed by atoms with Crippen LogP contribution in [0.15, 0.2) is 36.4 Å². The predicted molar refractivity (Wildman–Crippen MR) is 78.4 cm³/mol. The summed E-state index contributed by atoms with van der Waals surface area (Å²) in [5.41, 5.74) is 2.35. The van der Waals surface area contributed by atoms with E-state index in [0.717, 1.165) is 18.5 Å². The van der Waals surface area contributed by atoms with Crippen LogP contribution in [-0.4, -0.2) is 21.9 Å². The molecular weight excluding hydrogens is 266 g/mol. The molecule has 5 nitrogen and oxygen atoms in total. The first-order chi connectivity index (χ1) is 10.1. The van der Waals surface area contributed by atoms with Gasteiger partial charge in [0.15, 0.2) is 11.5 Å². The molecule has 0 saturated heterocycles. The average Bonchev–Trinajstić information content (AvgIpc) is 3.32. The van der Waals surface area contributed by atoms with Crippen molar-refractivity contribution >= 4 is 17.4 Å². The Morgan fingerprint density at radius 3 is 2.57 bits per heavy atom. The van der Waals surface area contributed by atoms with Gasteiger partial charge in [0, 0.05) is 17.2 Å². The molecule has 3 rings (SSSR count). The number of carbonyl (C=O) groups excluding carboxylic acids is 2. The van der Waals surface area contributed by atoms with Crippen molar-refractivity contribution in [2.24, 2.45) is 0 Å². The van der Waals surface area contributed by atoms with Crippen LogP contribution in [0.5, 0.6) is 0 Å². The molecule has 0 spiro atoms. The third kappa shape index (κ3) is 3.13. The van der Waals surface area contributed by atoms with Crippen molar-refractivity contribution < 1.29 is 9.59 Å². The molecule has 1 fully saturated rings. The van der Waals surface area contributed by atoms with Gasteiger partial charge >= 0.3 is 0 Å². The smallest absolute Gasteiger partial charge is 0.276 e. The number of anilines is 1. The Kier molecular flexibility index (Phi) is 3.48. The molecule has 0 radical (unpaired) electrons. The van der Waals surface area contributed by atoms with Gasteiger partial charge in [0.05, 0.1) is 5.69 Å². The summed E-state index contributed by atoms with van der Waals surface area (Å²) in [4.78, 5) is 23.4. The van der Waals surface area contributed by atoms with Crippen LogP contribution in [-0.2, 0) is 0 Å². The molecule has 1 N–H and O–H groups in total. The fourth-order valence-electron chi connectivity index (χ4n) is 2.07. The minimum absolute atomic E-state index is 0.0420. The van der Waals surface area contributed by atoms with Gasteiger partial charge in [-0.15, -0.1) is 5.10 Å². The van der Waals surface area contributed by atoms with Gasteiger partial charge in [0.25, 0.3) is 5.91 Å². The number of hydrogen-bond acceptors (Lipinski definition) is 4. The van der Waals surface area contributed by atoms with Gasteiger partial charge in [-0.3, -0.25) is 9.59 Å². The van der Waals surface area contributed by atoms with Crippen LogP contribution < -0.4 is 5.32 Å². The number of nitrogens with one attached hydrogen (secondary N) is 1. The van der Waals surface area contributed by atoms with Crippen molar-refractivity contribution in [2.75, 3.05) is 5.32 Å². The highest BCUT2D eigenvalue weighted by Gasteiger charge is 2.25. The van der Waals surface area contributed by atoms with E-state index in [2.05, 4.69) is 15.5 Å². The summed E-state index contributed by atoms with van der Waals surface area (Å²) in [6, 6.07) is 10.4. The van der Waals surface area contributed by atoms with E-state index in [0.29, 0.717) is 17.2 Å². The molecule has 1 heterocycles. The van der Waals surface area contributed by atoms with E-state index >= 15 is 0 Å². The Hall–Kier alpha value is -2.56. The van der Waals surface area contributed by atoms with E-state index in [-0.39, 0.29) is 17.4 Å². The molecule has 0 unspecified atom stereocenters. The zero-order valence-corrected chi connectivity index (χ0v) is 11.7. The molecule has 1 aromatic carbocycles. The highest BCUT2D eigenvalue weighted by Crippen LogP contribution is 2.38. The van der Waals surface area contributed by atoms with Crippen LogP contribution in [0.4, 0.5) is 5.69 Å². The minimum Gasteiger partial charge on any atom is -0.321 e. The van der Waals surface area contributed by atoms with Gasteiger partial charge < -0.3 is 5.32 Å². The lowest BCUT2D eigenvalue weighted by atomic mass is 10.1. The molecule has 0 bridgehead atoms. The highest BCUT2D eigenvalue weighted by molar-refractivity contribution is 6.03. The molecule has 1 saturated carbocycles. The number of aromatic nitrogens is 2. The van der Waals surface area contributed by atoms with Crippen molar-refractivity contribution in [1.82, 2.24) is 10.2 Å². The lowest BCUT2D eigenvalue weighted by Crippen LogP contribution is -2.15. The Bertz CT molecular complexity index is 691. The van der Waals surface area contributed by atoms with Gasteiger partial charge in [-0.05, 0) is 44.0 Å². The van der Waals surface area contributed by atoms with Crippen molar-refractivity contribution in [1.29, 1.82) is 0 Å². The van der Waals surface area contributed by atoms with Crippen LogP contribution in [0, 0.1) is 0 Å². The normalized spacial score (nSPS) is 13.8. The number of carbonyl (C=O) groups is 2. The first kappa shape index (κ1) is 13.4. The van der Waals surface area contributed by atoms with Crippen molar-refractivity contribution in [3.63, 3.8) is 0 Å². The lowest BCUT2D eigenvalue weighted by molar-refractivity contribution is 0.100. The third-order valence-corrected chi connectivity index (χ3v) is 3.44. The molecule has 2 aromatic rings. The number of nitrogens with zero attached hydrogens (tertiary/aromatic N) is 2. The van der Waals surface area contributed by atoms with Crippen molar-refractivity contribution in [3.05, 3.63) is 53.3 Å². The fraction of sp³-hybridized carbons (Fsp3) is 0.250. The second-order valence-corrected chi connectivity index (χ2v) is 5.21. The van der Waals surface area contributed by atoms with E-state index < -0.39 is 0 Å². The summed E-state index contributed by atoms with van der Waals surface area (Å²) in [6.07, 6.45) is 2.30. The van der Waals surface area contributed by atoms with E-state index in [1.165, 1.54) is 6.92 Å². The SMILES string of the molecule is CC(=O)c1cccc(NC(=O)c2ccc(C3CC3)nn2)c1. The highest BCUT2D eigenvalue weighted by atomic mass is 16.2. The van der Waals surface area contributed by atoms with E-state index in [4.69, 9.17) is 0 Å². The topological polar surface area (TPSA) is 72.0 Å². The monoisotopic (exact) mass is 281 g/mol. The Balaban J connectivity index is 1.73. The molecule has 1 aliphatic rings. The molecule has 21 heavy (non-hydrogen) atoms. The van der Waals surface area contributed by atoms with Crippen molar-refractivity contribution in [2.45, 2.75) is 25.7 Å². The molecule has 0 aliphatic heterocycles. The summed E-state index contributed by atoms with van der Waals surface area (Å²) in [5, 5.41) is 10.8. The first-order valence-corrected chi connectivity index (χ1v) is 6.89. The summed E-state index contributed by atoms with van der Waals surface area (Å²) >= 11 is 0. The van der Waals surface area contributed by atoms with Crippen LogP contribution in [0.2, 0.25) is 0 Å². The molecule has 1 amide bonds. The number of amides is 1. The maximum Gasteiger partial charge on any atom is 0.276 e. The second kappa shape index (κ2) is 5.44. The van der Waals surface area contributed by atoms with Gasteiger partial charge in [-0.25, -0.2) is 0 Å². The lowest BCUT2D eigenvalue weighted by Gasteiger charge is -2.06. The van der Waals surface area contributed by atoms with Crippen LogP contribution in [0.3, 0.4) is 0 Å². The summed E-state index contributed by atoms with van der Waals surface area (Å²) in [6.45, 7) is 1.49. The maximum atomic E-state index is 12.1. The molecule has 1 aliphatic carbocycles. The summed E-state index contributed by atoms with van der Waals surface area (Å²) in [7, 11) is 0. The van der Waals surface area contributed by atoms with E-state index in [1.54, 1.807) is 30.3 Å². The Morgan fingerprint density at radius 1 is 1.14 bits per heavy atom. The molecule has 5 heteroatoms. The fourth-order valence-corrected chi connectivity index (χ4v) is 2.07. The number of ketones is 1. The predicted octanol–water partition coefficient (Wildman–Crippen LogP) is 2.81. The zero-order chi connectivity index (χ0) is 14.8. The third-order valence-electron chi connectivity index (χ3n) is 3.44. The van der Waals surface area contributed by atoms with Crippen molar-refractivity contribution in [3.8, 4) is 0 Å². The number of Topliss-reactive ketones (excluding diaryl/α,β-unsaturated/α-hetero) is 1. The average molecular weight is 281 g/mol. The minimum atomic E-state index is -0.328. The molecular formula is C16H15N3O2. The van der Waals surface area contributed by atoms with Gasteiger partial charge in [-0.2, -0.15) is 5.10 Å². The van der Waals surface area contributed by atoms with Crippen LogP contribution in [0.25, 0.3) is 0 Å². The summed E-state index contributed by atoms with van der Waals surface area (Å²) in [5.74, 6) is 0.145. The molecule has 1 aromatic heterocycles. The summed E-state index contributed by atoms with van der Waals surface area (Å²) < 4.78 is 0. The number of benzene rings is 1. The Labute approximate surface area is 122 Å². The standard InChI is InChI=1S/C16H15N3O2/c1-10(20)12-3-2-4-13(9-12)17-16(21)15-8-7-14(18-19-15)11-5-6-11/h2-4,7-9,11H,5-6H2,1H3,(H,17,21). The van der Waals surface area contributed by atoms with Gasteiger partial charge in [0.2, 0.25) is 0 Å². The zero-order valence-electron chi connectivity index (χ0n) is 11.7. The first-order valence-electron chi connectivity index (χ1n) is 6.89. The van der Waals surface area contributed by atoms with Gasteiger partial charge in [-0.1, -0.05) is 12.1 Å². The van der Waals surface area contributed by atoms with E-state index in [9.17, 15) is 9.59 Å². The molecule has 0 atom stereocenters. The van der Waals surface area contributed by atoms with Gasteiger partial charge in [0.1, 0.15) is 0 Å². The number of rotatable bonds is 4.